The first-order chi connectivity index (χ1) is 10.8. The van der Waals surface area contributed by atoms with E-state index in [2.05, 4.69) is 5.32 Å². The lowest BCUT2D eigenvalue weighted by Crippen LogP contribution is -2.52. The largest absolute Gasteiger partial charge is 0.454 e. The summed E-state index contributed by atoms with van der Waals surface area (Å²) in [5.74, 6) is 1.52. The van der Waals surface area contributed by atoms with E-state index in [4.69, 9.17) is 9.47 Å². The molecule has 2 saturated heterocycles. The van der Waals surface area contributed by atoms with Gasteiger partial charge in [0.05, 0.1) is 0 Å². The highest BCUT2D eigenvalue weighted by molar-refractivity contribution is 5.95. The molecule has 1 spiro atoms. The summed E-state index contributed by atoms with van der Waals surface area (Å²) in [4.78, 5) is 14.9. The summed E-state index contributed by atoms with van der Waals surface area (Å²) in [6, 6.07) is 5.48. The number of fused-ring (bicyclic) bond motifs is 1. The Morgan fingerprint density at radius 3 is 2.91 bits per heavy atom. The van der Waals surface area contributed by atoms with Crippen LogP contribution in [0, 0.1) is 5.41 Å². The standard InChI is InChI=1S/C17H22N2O3/c20-16(13-3-4-14-15(9-13)22-12-21-14)19-8-2-6-17(11-19)5-1-7-18-10-17/h3-4,9,18H,1-2,5-8,10-12H2. The number of piperidine rings is 2. The maximum Gasteiger partial charge on any atom is 0.254 e. The van der Waals surface area contributed by atoms with Crippen LogP contribution in [-0.2, 0) is 0 Å². The molecule has 5 nitrogen and oxygen atoms in total. The Morgan fingerprint density at radius 1 is 1.18 bits per heavy atom. The molecule has 1 amide bonds. The van der Waals surface area contributed by atoms with Crippen molar-refractivity contribution < 1.29 is 14.3 Å². The third-order valence-electron chi connectivity index (χ3n) is 5.13. The van der Waals surface area contributed by atoms with E-state index in [9.17, 15) is 4.79 Å². The Hall–Kier alpha value is -1.75. The smallest absolute Gasteiger partial charge is 0.254 e. The summed E-state index contributed by atoms with van der Waals surface area (Å²) in [5, 5.41) is 3.50. The zero-order valence-electron chi connectivity index (χ0n) is 12.8. The maximum atomic E-state index is 12.8. The molecule has 0 bridgehead atoms. The number of nitrogens with zero attached hydrogens (tertiary/aromatic N) is 1. The fourth-order valence-corrected chi connectivity index (χ4v) is 3.97. The van der Waals surface area contributed by atoms with Crippen molar-refractivity contribution in [3.8, 4) is 11.5 Å². The molecule has 118 valence electrons. The Kier molecular flexibility index (Phi) is 3.45. The van der Waals surface area contributed by atoms with Crippen LogP contribution in [0.5, 0.6) is 11.5 Å². The molecule has 1 N–H and O–H groups in total. The number of hydrogen-bond donors (Lipinski definition) is 1. The first kappa shape index (κ1) is 13.9. The van der Waals surface area contributed by atoms with Crippen LogP contribution in [0.25, 0.3) is 0 Å². The van der Waals surface area contributed by atoms with Gasteiger partial charge < -0.3 is 19.7 Å². The van der Waals surface area contributed by atoms with Crippen LogP contribution in [0.2, 0.25) is 0 Å². The van der Waals surface area contributed by atoms with E-state index in [0.717, 1.165) is 38.3 Å². The van der Waals surface area contributed by atoms with Crippen molar-refractivity contribution in [3.63, 3.8) is 0 Å². The SMILES string of the molecule is O=C(c1ccc2c(c1)OCO2)N1CCCC2(CCCNC2)C1. The average molecular weight is 302 g/mol. The predicted molar refractivity (Wildman–Crippen MR) is 82.2 cm³/mol. The number of carbonyl (C=O) groups is 1. The van der Waals surface area contributed by atoms with E-state index in [0.29, 0.717) is 11.3 Å². The molecule has 1 aromatic rings. The predicted octanol–water partition coefficient (Wildman–Crippen LogP) is 2.02. The molecule has 5 heteroatoms. The van der Waals surface area contributed by atoms with Gasteiger partial charge in [-0.15, -0.1) is 0 Å². The van der Waals surface area contributed by atoms with Gasteiger partial charge in [0, 0.05) is 30.6 Å². The number of likely N-dealkylation sites (tertiary alicyclic amines) is 1. The van der Waals surface area contributed by atoms with Gasteiger partial charge in [-0.25, -0.2) is 0 Å². The van der Waals surface area contributed by atoms with Crippen molar-refractivity contribution in [2.75, 3.05) is 33.0 Å². The number of carbonyl (C=O) groups excluding carboxylic acids is 1. The molecular weight excluding hydrogens is 280 g/mol. The summed E-state index contributed by atoms with van der Waals surface area (Å²) >= 11 is 0. The third-order valence-corrected chi connectivity index (χ3v) is 5.13. The van der Waals surface area contributed by atoms with Crippen LogP contribution in [0.1, 0.15) is 36.0 Å². The molecule has 3 heterocycles. The minimum atomic E-state index is 0.114. The quantitative estimate of drug-likeness (QED) is 0.862. The Bertz CT molecular complexity index is 576. The number of hydrogen-bond acceptors (Lipinski definition) is 4. The molecule has 3 aliphatic rings. The lowest BCUT2D eigenvalue weighted by atomic mass is 9.74. The minimum absolute atomic E-state index is 0.114. The summed E-state index contributed by atoms with van der Waals surface area (Å²) < 4.78 is 10.7. The second-order valence-corrected chi connectivity index (χ2v) is 6.68. The zero-order valence-corrected chi connectivity index (χ0v) is 12.8. The molecule has 2 fully saturated rings. The van der Waals surface area contributed by atoms with Gasteiger partial charge in [-0.1, -0.05) is 0 Å². The highest BCUT2D eigenvalue weighted by atomic mass is 16.7. The molecule has 4 rings (SSSR count). The van der Waals surface area contributed by atoms with Crippen LogP contribution < -0.4 is 14.8 Å². The third kappa shape index (κ3) is 2.43. The van der Waals surface area contributed by atoms with Gasteiger partial charge in [0.1, 0.15) is 0 Å². The lowest BCUT2D eigenvalue weighted by molar-refractivity contribution is 0.0434. The molecule has 22 heavy (non-hydrogen) atoms. The summed E-state index contributed by atoms with van der Waals surface area (Å²) in [6.45, 7) is 4.11. The maximum absolute atomic E-state index is 12.8. The Morgan fingerprint density at radius 2 is 2.05 bits per heavy atom. The summed E-state index contributed by atoms with van der Waals surface area (Å²) in [7, 11) is 0. The normalized spacial score (nSPS) is 27.2. The molecule has 0 aromatic heterocycles. The van der Waals surface area contributed by atoms with E-state index in [1.165, 1.54) is 19.3 Å². The Labute approximate surface area is 130 Å². The lowest BCUT2D eigenvalue weighted by Gasteiger charge is -2.45. The highest BCUT2D eigenvalue weighted by Gasteiger charge is 2.38. The number of amides is 1. The molecule has 1 atom stereocenters. The van der Waals surface area contributed by atoms with Gasteiger partial charge in [0.2, 0.25) is 6.79 Å². The number of benzene rings is 1. The molecule has 1 aromatic carbocycles. The van der Waals surface area contributed by atoms with Crippen LogP contribution in [0.4, 0.5) is 0 Å². The average Bonchev–Trinajstić information content (AvgIpc) is 3.02. The van der Waals surface area contributed by atoms with Crippen molar-refractivity contribution in [1.82, 2.24) is 10.2 Å². The fourth-order valence-electron chi connectivity index (χ4n) is 3.97. The molecule has 3 aliphatic heterocycles. The first-order valence-corrected chi connectivity index (χ1v) is 8.16. The van der Waals surface area contributed by atoms with E-state index < -0.39 is 0 Å². The number of nitrogens with one attached hydrogen (secondary N) is 1. The van der Waals surface area contributed by atoms with Crippen molar-refractivity contribution in [2.45, 2.75) is 25.7 Å². The second kappa shape index (κ2) is 5.47. The fraction of sp³-hybridized carbons (Fsp3) is 0.588. The van der Waals surface area contributed by atoms with Crippen LogP contribution in [0.15, 0.2) is 18.2 Å². The van der Waals surface area contributed by atoms with Gasteiger partial charge in [-0.2, -0.15) is 0 Å². The first-order valence-electron chi connectivity index (χ1n) is 8.16. The topological polar surface area (TPSA) is 50.8 Å². The van der Waals surface area contributed by atoms with Crippen LogP contribution in [-0.4, -0.2) is 43.8 Å². The minimum Gasteiger partial charge on any atom is -0.454 e. The molecule has 0 radical (unpaired) electrons. The van der Waals surface area contributed by atoms with E-state index in [1.54, 1.807) is 0 Å². The second-order valence-electron chi connectivity index (χ2n) is 6.68. The van der Waals surface area contributed by atoms with Crippen molar-refractivity contribution >= 4 is 5.91 Å². The van der Waals surface area contributed by atoms with E-state index >= 15 is 0 Å². The van der Waals surface area contributed by atoms with Crippen LogP contribution in [0.3, 0.4) is 0 Å². The van der Waals surface area contributed by atoms with Crippen LogP contribution >= 0.6 is 0 Å². The van der Waals surface area contributed by atoms with E-state index in [1.807, 2.05) is 23.1 Å². The molecular formula is C17H22N2O3. The van der Waals surface area contributed by atoms with Gasteiger partial charge in [0.25, 0.3) is 5.91 Å². The van der Waals surface area contributed by atoms with Gasteiger partial charge in [-0.3, -0.25) is 4.79 Å². The number of rotatable bonds is 1. The zero-order chi connectivity index (χ0) is 15.0. The summed E-state index contributed by atoms with van der Waals surface area (Å²) in [6.07, 6.45) is 4.76. The highest BCUT2D eigenvalue weighted by Crippen LogP contribution is 2.37. The Balaban J connectivity index is 1.52. The van der Waals surface area contributed by atoms with Crippen molar-refractivity contribution in [3.05, 3.63) is 23.8 Å². The number of ether oxygens (including phenoxy) is 2. The van der Waals surface area contributed by atoms with E-state index in [-0.39, 0.29) is 18.1 Å². The van der Waals surface area contributed by atoms with Crippen molar-refractivity contribution in [1.29, 1.82) is 0 Å². The van der Waals surface area contributed by atoms with Crippen molar-refractivity contribution in [2.24, 2.45) is 5.41 Å². The molecule has 0 aliphatic carbocycles. The molecule has 0 saturated carbocycles. The summed E-state index contributed by atoms with van der Waals surface area (Å²) in [5.41, 5.74) is 0.979. The van der Waals surface area contributed by atoms with Gasteiger partial charge in [0.15, 0.2) is 11.5 Å². The van der Waals surface area contributed by atoms with Gasteiger partial charge >= 0.3 is 0 Å². The van der Waals surface area contributed by atoms with Gasteiger partial charge in [-0.05, 0) is 50.4 Å². The molecule has 1 unspecified atom stereocenters. The monoisotopic (exact) mass is 302 g/mol.